The first-order chi connectivity index (χ1) is 16.8. The monoisotopic (exact) mass is 516 g/mol. The minimum Gasteiger partial charge on any atom is -0.480 e. The zero-order chi connectivity index (χ0) is 25.8. The molecule has 3 N–H and O–H groups in total. The van der Waals surface area contributed by atoms with Gasteiger partial charge in [-0.25, -0.2) is 4.79 Å². The summed E-state index contributed by atoms with van der Waals surface area (Å²) in [4.78, 5) is 24.9. The molecule has 2 atom stereocenters. The lowest BCUT2D eigenvalue weighted by molar-refractivity contribution is -0.139. The van der Waals surface area contributed by atoms with Crippen LogP contribution in [0.4, 0.5) is 0 Å². The largest absolute Gasteiger partial charge is 0.480 e. The van der Waals surface area contributed by atoms with E-state index in [2.05, 4.69) is 37.5 Å². The topological polar surface area (TPSA) is 78.4 Å². The van der Waals surface area contributed by atoms with Gasteiger partial charge in [-0.15, -0.1) is 0 Å². The number of rotatable bonds is 15. The quantitative estimate of drug-likeness (QED) is 0.275. The van der Waals surface area contributed by atoms with E-state index >= 15 is 0 Å². The summed E-state index contributed by atoms with van der Waals surface area (Å²) in [6.45, 7) is 9.43. The van der Waals surface area contributed by atoms with Crippen LogP contribution >= 0.6 is 23.5 Å². The van der Waals surface area contributed by atoms with Gasteiger partial charge < -0.3 is 15.7 Å². The third kappa shape index (κ3) is 9.54. The fraction of sp³-hybridized carbons (Fsp3) is 0.500. The van der Waals surface area contributed by atoms with Crippen molar-refractivity contribution in [3.8, 4) is 11.1 Å². The van der Waals surface area contributed by atoms with Gasteiger partial charge in [0.15, 0.2) is 0 Å². The van der Waals surface area contributed by atoms with Gasteiger partial charge in [0, 0.05) is 23.9 Å². The second-order valence-electron chi connectivity index (χ2n) is 9.21. The van der Waals surface area contributed by atoms with E-state index in [0.717, 1.165) is 40.2 Å². The molecule has 0 aliphatic rings. The van der Waals surface area contributed by atoms with Crippen molar-refractivity contribution < 1.29 is 14.7 Å². The second kappa shape index (κ2) is 15.2. The van der Waals surface area contributed by atoms with Crippen LogP contribution in [-0.2, 0) is 11.3 Å². The van der Waals surface area contributed by atoms with Gasteiger partial charge in [0.2, 0.25) is 0 Å². The molecule has 0 aliphatic heterocycles. The lowest BCUT2D eigenvalue weighted by atomic mass is 9.93. The molecule has 7 heteroatoms. The van der Waals surface area contributed by atoms with Crippen LogP contribution in [0, 0.1) is 12.8 Å². The van der Waals surface area contributed by atoms with Gasteiger partial charge in [0.05, 0.1) is 0 Å². The van der Waals surface area contributed by atoms with Crippen molar-refractivity contribution in [2.75, 3.05) is 23.5 Å². The third-order valence-electron chi connectivity index (χ3n) is 5.85. The molecule has 0 spiro atoms. The predicted octanol–water partition coefficient (Wildman–Crippen LogP) is 5.86. The fourth-order valence-corrected chi connectivity index (χ4v) is 5.27. The van der Waals surface area contributed by atoms with Crippen LogP contribution in [0.3, 0.4) is 0 Å². The maximum Gasteiger partial charge on any atom is 0.326 e. The number of aryl methyl sites for hydroxylation is 1. The minimum absolute atomic E-state index is 0.353. The van der Waals surface area contributed by atoms with Crippen LogP contribution in [0.5, 0.6) is 0 Å². The number of benzene rings is 2. The van der Waals surface area contributed by atoms with Gasteiger partial charge in [-0.1, -0.05) is 51.1 Å². The molecule has 0 saturated carbocycles. The van der Waals surface area contributed by atoms with Crippen LogP contribution in [0.1, 0.15) is 55.1 Å². The molecule has 35 heavy (non-hydrogen) atoms. The average Bonchev–Trinajstić information content (AvgIpc) is 2.83. The highest BCUT2D eigenvalue weighted by atomic mass is 32.2. The van der Waals surface area contributed by atoms with Crippen molar-refractivity contribution in [3.05, 3.63) is 59.2 Å². The molecule has 2 rings (SSSR count). The summed E-state index contributed by atoms with van der Waals surface area (Å²) in [7, 11) is 0. The van der Waals surface area contributed by atoms with E-state index in [1.807, 2.05) is 61.3 Å². The zero-order valence-electron chi connectivity index (χ0n) is 21.6. The van der Waals surface area contributed by atoms with Crippen LogP contribution in [-0.4, -0.2) is 52.6 Å². The van der Waals surface area contributed by atoms with E-state index in [9.17, 15) is 14.7 Å². The molecule has 0 radical (unpaired) electrons. The van der Waals surface area contributed by atoms with Crippen LogP contribution in [0.2, 0.25) is 0 Å². The summed E-state index contributed by atoms with van der Waals surface area (Å²) in [5.74, 6) is 2.10. The van der Waals surface area contributed by atoms with Crippen LogP contribution in [0.25, 0.3) is 11.1 Å². The Labute approximate surface area is 219 Å². The van der Waals surface area contributed by atoms with E-state index < -0.39 is 12.0 Å². The Kier molecular flexibility index (Phi) is 12.7. The minimum atomic E-state index is -1.01. The number of hydrogen-bond acceptors (Lipinski definition) is 5. The summed E-state index contributed by atoms with van der Waals surface area (Å²) in [5.41, 5.74) is 4.49. The molecule has 2 aromatic carbocycles. The number of carbonyl (C=O) groups is 2. The standard InChI is InChI=1S/C28H40N2O3S2/c1-6-35-18-22(15-19(2)3)29-17-21-11-12-24(25(16-21)23-10-8-7-9-20(23)4)27(31)30-26(28(32)33)13-14-34-5/h7-12,16,19,22,26,29H,6,13-15,17-18H2,1-5H3,(H,30,31)(H,32,33)/t22?,26-/m0/s1. The Morgan fingerprint density at radius 2 is 1.83 bits per heavy atom. The molecule has 0 bridgehead atoms. The predicted molar refractivity (Wildman–Crippen MR) is 152 cm³/mol. The summed E-state index contributed by atoms with van der Waals surface area (Å²) in [5, 5.41) is 16.0. The zero-order valence-corrected chi connectivity index (χ0v) is 23.2. The number of carbonyl (C=O) groups excluding carboxylic acids is 1. The number of hydrogen-bond donors (Lipinski definition) is 3. The maximum absolute atomic E-state index is 13.2. The van der Waals surface area contributed by atoms with Gasteiger partial charge >= 0.3 is 5.97 Å². The number of carboxylic acids is 1. The lowest BCUT2D eigenvalue weighted by Crippen LogP contribution is -2.41. The Morgan fingerprint density at radius 3 is 2.46 bits per heavy atom. The smallest absolute Gasteiger partial charge is 0.326 e. The van der Waals surface area contributed by atoms with E-state index in [4.69, 9.17) is 0 Å². The number of carboxylic acid groups (broad SMARTS) is 1. The first kappa shape index (κ1) is 29.3. The molecule has 2 aromatic rings. The second-order valence-corrected chi connectivity index (χ2v) is 11.5. The summed E-state index contributed by atoms with van der Waals surface area (Å²) in [6, 6.07) is 13.4. The third-order valence-corrected chi connectivity index (χ3v) is 7.54. The molecule has 0 aromatic heterocycles. The first-order valence-electron chi connectivity index (χ1n) is 12.3. The first-order valence-corrected chi connectivity index (χ1v) is 14.8. The molecule has 0 fully saturated rings. The molecule has 192 valence electrons. The lowest BCUT2D eigenvalue weighted by Gasteiger charge is -2.21. The number of aliphatic carboxylic acids is 1. The van der Waals surface area contributed by atoms with Gasteiger partial charge in [-0.3, -0.25) is 4.79 Å². The fourth-order valence-electron chi connectivity index (χ4n) is 4.03. The Morgan fingerprint density at radius 1 is 1.09 bits per heavy atom. The highest BCUT2D eigenvalue weighted by molar-refractivity contribution is 7.99. The van der Waals surface area contributed by atoms with Gasteiger partial charge in [-0.2, -0.15) is 23.5 Å². The average molecular weight is 517 g/mol. The molecule has 1 amide bonds. The Hall–Kier alpha value is -1.96. The molecule has 5 nitrogen and oxygen atoms in total. The normalized spacial score (nSPS) is 13.0. The molecule has 0 aliphatic carbocycles. The molecular formula is C28H40N2O3S2. The molecule has 0 saturated heterocycles. The van der Waals surface area contributed by atoms with Crippen molar-refractivity contribution >= 4 is 35.4 Å². The van der Waals surface area contributed by atoms with Crippen molar-refractivity contribution in [3.63, 3.8) is 0 Å². The Bertz CT molecular complexity index is 965. The summed E-state index contributed by atoms with van der Waals surface area (Å²) < 4.78 is 0. The van der Waals surface area contributed by atoms with Crippen LogP contribution < -0.4 is 10.6 Å². The molecule has 1 unspecified atom stereocenters. The van der Waals surface area contributed by atoms with Crippen molar-refractivity contribution in [2.45, 2.75) is 59.2 Å². The molecule has 0 heterocycles. The van der Waals surface area contributed by atoms with Crippen molar-refractivity contribution in [2.24, 2.45) is 5.92 Å². The van der Waals surface area contributed by atoms with Crippen LogP contribution in [0.15, 0.2) is 42.5 Å². The van der Waals surface area contributed by atoms with Gasteiger partial charge in [0.25, 0.3) is 5.91 Å². The number of amides is 1. The highest BCUT2D eigenvalue weighted by Gasteiger charge is 2.23. The van der Waals surface area contributed by atoms with Gasteiger partial charge in [-0.05, 0) is 77.8 Å². The molecular weight excluding hydrogens is 476 g/mol. The summed E-state index contributed by atoms with van der Waals surface area (Å²) in [6.07, 6.45) is 3.43. The van der Waals surface area contributed by atoms with E-state index in [1.165, 1.54) is 0 Å². The summed E-state index contributed by atoms with van der Waals surface area (Å²) >= 11 is 3.52. The van der Waals surface area contributed by atoms with E-state index in [0.29, 0.717) is 36.2 Å². The SMILES string of the molecule is CCSCC(CC(C)C)NCc1ccc(C(=O)N[C@@H](CCSC)C(=O)O)c(-c2ccccc2C)c1. The number of nitrogens with one attached hydrogen (secondary N) is 2. The van der Waals surface area contributed by atoms with E-state index in [-0.39, 0.29) is 5.91 Å². The van der Waals surface area contributed by atoms with Crippen molar-refractivity contribution in [1.82, 2.24) is 10.6 Å². The highest BCUT2D eigenvalue weighted by Crippen LogP contribution is 2.28. The number of thioether (sulfide) groups is 2. The Balaban J connectivity index is 2.33. The van der Waals surface area contributed by atoms with Gasteiger partial charge in [0.1, 0.15) is 6.04 Å². The maximum atomic E-state index is 13.2. The van der Waals surface area contributed by atoms with Crippen molar-refractivity contribution in [1.29, 1.82) is 0 Å². The van der Waals surface area contributed by atoms with E-state index in [1.54, 1.807) is 11.8 Å².